The smallest absolute Gasteiger partial charge is 0.313 e. The molecule has 84 valence electrons. The fourth-order valence-corrected chi connectivity index (χ4v) is 1.40. The molecule has 0 radical (unpaired) electrons. The third-order valence-electron chi connectivity index (χ3n) is 2.08. The lowest BCUT2D eigenvalue weighted by molar-refractivity contribution is 0.394. The van der Waals surface area contributed by atoms with Crippen LogP contribution in [0.15, 0.2) is 22.6 Å². The van der Waals surface area contributed by atoms with E-state index in [1.54, 1.807) is 32.4 Å². The predicted octanol–water partition coefficient (Wildman–Crippen LogP) is 1.34. The van der Waals surface area contributed by atoms with E-state index in [9.17, 15) is 0 Å². The van der Waals surface area contributed by atoms with E-state index in [0.29, 0.717) is 17.1 Å². The molecule has 0 aliphatic rings. The van der Waals surface area contributed by atoms with E-state index in [2.05, 4.69) is 10.2 Å². The topological polar surface area (TPSA) is 83.4 Å². The molecule has 0 saturated heterocycles. The number of benzene rings is 1. The average molecular weight is 221 g/mol. The molecule has 0 spiro atoms. The lowest BCUT2D eigenvalue weighted by Gasteiger charge is -2.09. The summed E-state index contributed by atoms with van der Waals surface area (Å²) in [5.41, 5.74) is 5.97. The highest BCUT2D eigenvalue weighted by Gasteiger charge is 2.17. The van der Waals surface area contributed by atoms with Gasteiger partial charge in [-0.25, -0.2) is 0 Å². The minimum absolute atomic E-state index is 0.00274. The molecule has 16 heavy (non-hydrogen) atoms. The Balaban J connectivity index is 2.60. The number of hydrogen-bond donors (Lipinski definition) is 1. The summed E-state index contributed by atoms with van der Waals surface area (Å²) < 4.78 is 15.6. The Morgan fingerprint density at radius 2 is 1.75 bits per heavy atom. The summed E-state index contributed by atoms with van der Waals surface area (Å²) >= 11 is 0. The van der Waals surface area contributed by atoms with E-state index in [-0.39, 0.29) is 11.9 Å². The quantitative estimate of drug-likeness (QED) is 0.841. The minimum Gasteiger partial charge on any atom is -0.496 e. The molecule has 0 bridgehead atoms. The minimum atomic E-state index is 0.00274. The van der Waals surface area contributed by atoms with Crippen LogP contribution >= 0.6 is 0 Å². The standard InChI is InChI=1S/C10H11N3O3/c1-14-6-4-3-5-7(15-2)8(6)9-12-13-10(11)16-9/h3-5H,1-2H3,(H2,11,13). The fraction of sp³-hybridized carbons (Fsp3) is 0.200. The van der Waals surface area contributed by atoms with Gasteiger partial charge in [-0.05, 0) is 12.1 Å². The first-order valence-electron chi connectivity index (χ1n) is 4.56. The zero-order chi connectivity index (χ0) is 11.5. The Hall–Kier alpha value is -2.24. The second-order valence-corrected chi connectivity index (χ2v) is 2.98. The van der Waals surface area contributed by atoms with Crippen LogP contribution < -0.4 is 15.2 Å². The lowest BCUT2D eigenvalue weighted by atomic mass is 10.2. The number of hydrogen-bond acceptors (Lipinski definition) is 6. The van der Waals surface area contributed by atoms with Gasteiger partial charge in [0.2, 0.25) is 0 Å². The summed E-state index contributed by atoms with van der Waals surface area (Å²) in [6.07, 6.45) is 0. The Bertz CT molecular complexity index is 474. The van der Waals surface area contributed by atoms with Crippen LogP contribution in [0.5, 0.6) is 11.5 Å². The molecule has 1 heterocycles. The summed E-state index contributed by atoms with van der Waals surface area (Å²) in [7, 11) is 3.11. The van der Waals surface area contributed by atoms with Crippen LogP contribution in [0.3, 0.4) is 0 Å². The number of aromatic nitrogens is 2. The van der Waals surface area contributed by atoms with E-state index >= 15 is 0 Å². The number of anilines is 1. The molecule has 0 aliphatic carbocycles. The van der Waals surface area contributed by atoms with Crippen molar-refractivity contribution in [2.75, 3.05) is 20.0 Å². The fourth-order valence-electron chi connectivity index (χ4n) is 1.40. The second-order valence-electron chi connectivity index (χ2n) is 2.98. The predicted molar refractivity (Wildman–Crippen MR) is 57.3 cm³/mol. The SMILES string of the molecule is COc1cccc(OC)c1-c1nnc(N)o1. The molecule has 6 nitrogen and oxygen atoms in total. The Morgan fingerprint density at radius 3 is 2.19 bits per heavy atom. The summed E-state index contributed by atoms with van der Waals surface area (Å²) in [4.78, 5) is 0. The van der Waals surface area contributed by atoms with Crippen LogP contribution in [0, 0.1) is 0 Å². The van der Waals surface area contributed by atoms with Crippen LogP contribution in [0.4, 0.5) is 6.01 Å². The van der Waals surface area contributed by atoms with Crippen molar-refractivity contribution in [1.29, 1.82) is 0 Å². The van der Waals surface area contributed by atoms with Gasteiger partial charge in [0.25, 0.3) is 5.89 Å². The van der Waals surface area contributed by atoms with Crippen LogP contribution in [-0.2, 0) is 0 Å². The van der Waals surface area contributed by atoms with Gasteiger partial charge in [-0.3, -0.25) is 0 Å². The van der Waals surface area contributed by atoms with Gasteiger partial charge in [0.05, 0.1) is 14.2 Å². The van der Waals surface area contributed by atoms with Gasteiger partial charge in [0, 0.05) is 0 Å². The highest BCUT2D eigenvalue weighted by molar-refractivity contribution is 5.70. The third kappa shape index (κ3) is 1.65. The number of nitrogens with two attached hydrogens (primary N) is 1. The number of rotatable bonds is 3. The van der Waals surface area contributed by atoms with E-state index in [0.717, 1.165) is 0 Å². The third-order valence-corrected chi connectivity index (χ3v) is 2.08. The van der Waals surface area contributed by atoms with Crippen LogP contribution in [0.1, 0.15) is 0 Å². The molecule has 6 heteroatoms. The van der Waals surface area contributed by atoms with Crippen molar-refractivity contribution in [3.05, 3.63) is 18.2 Å². The molecule has 2 rings (SSSR count). The largest absolute Gasteiger partial charge is 0.496 e. The maximum atomic E-state index is 5.38. The maximum Gasteiger partial charge on any atom is 0.313 e. The average Bonchev–Trinajstić information content (AvgIpc) is 2.74. The van der Waals surface area contributed by atoms with Gasteiger partial charge in [-0.2, -0.15) is 0 Å². The first-order chi connectivity index (χ1) is 7.76. The van der Waals surface area contributed by atoms with E-state index in [1.165, 1.54) is 0 Å². The number of nitrogen functional groups attached to an aromatic ring is 1. The zero-order valence-corrected chi connectivity index (χ0v) is 8.93. The van der Waals surface area contributed by atoms with Crippen LogP contribution in [-0.4, -0.2) is 24.4 Å². The highest BCUT2D eigenvalue weighted by atomic mass is 16.5. The maximum absolute atomic E-state index is 5.38. The first-order valence-corrected chi connectivity index (χ1v) is 4.56. The molecule has 0 aliphatic heterocycles. The normalized spacial score (nSPS) is 10.1. The molecule has 0 fully saturated rings. The molecule has 0 atom stereocenters. The number of ether oxygens (including phenoxy) is 2. The molecule has 0 unspecified atom stereocenters. The van der Waals surface area contributed by atoms with Gasteiger partial charge in [0.15, 0.2) is 0 Å². The second kappa shape index (κ2) is 4.09. The van der Waals surface area contributed by atoms with Crippen LogP contribution in [0.25, 0.3) is 11.5 Å². The van der Waals surface area contributed by atoms with E-state index < -0.39 is 0 Å². The van der Waals surface area contributed by atoms with Crippen molar-refractivity contribution in [3.8, 4) is 23.0 Å². The number of nitrogens with zero attached hydrogens (tertiary/aromatic N) is 2. The Kier molecular flexibility index (Phi) is 2.63. The summed E-state index contributed by atoms with van der Waals surface area (Å²) in [5.74, 6) is 1.44. The van der Waals surface area contributed by atoms with Crippen molar-refractivity contribution in [3.63, 3.8) is 0 Å². The molecule has 2 aromatic rings. The summed E-state index contributed by atoms with van der Waals surface area (Å²) in [5, 5.41) is 7.40. The van der Waals surface area contributed by atoms with Crippen LogP contribution in [0.2, 0.25) is 0 Å². The number of methoxy groups -OCH3 is 2. The lowest BCUT2D eigenvalue weighted by Crippen LogP contribution is -1.92. The molecular weight excluding hydrogens is 210 g/mol. The summed E-state index contributed by atoms with van der Waals surface area (Å²) in [6, 6.07) is 5.36. The van der Waals surface area contributed by atoms with E-state index in [4.69, 9.17) is 19.6 Å². The van der Waals surface area contributed by atoms with Crippen molar-refractivity contribution in [2.45, 2.75) is 0 Å². The van der Waals surface area contributed by atoms with Gasteiger partial charge < -0.3 is 19.6 Å². The van der Waals surface area contributed by atoms with Gasteiger partial charge in [-0.1, -0.05) is 11.2 Å². The molecule has 1 aromatic heterocycles. The molecular formula is C10H11N3O3. The molecule has 0 saturated carbocycles. The Morgan fingerprint density at radius 1 is 1.12 bits per heavy atom. The van der Waals surface area contributed by atoms with Crippen molar-refractivity contribution in [2.24, 2.45) is 0 Å². The van der Waals surface area contributed by atoms with Gasteiger partial charge >= 0.3 is 6.01 Å². The Labute approximate surface area is 92.0 Å². The first kappa shape index (κ1) is 10.3. The molecule has 0 amide bonds. The van der Waals surface area contributed by atoms with Crippen molar-refractivity contribution < 1.29 is 13.9 Å². The van der Waals surface area contributed by atoms with Gasteiger partial charge in [-0.15, -0.1) is 5.10 Å². The monoisotopic (exact) mass is 221 g/mol. The van der Waals surface area contributed by atoms with Gasteiger partial charge in [0.1, 0.15) is 17.1 Å². The highest BCUT2D eigenvalue weighted by Crippen LogP contribution is 2.37. The molecule has 2 N–H and O–H groups in total. The summed E-state index contributed by atoms with van der Waals surface area (Å²) in [6.45, 7) is 0. The van der Waals surface area contributed by atoms with E-state index in [1.807, 2.05) is 0 Å². The molecule has 1 aromatic carbocycles. The van der Waals surface area contributed by atoms with Crippen molar-refractivity contribution in [1.82, 2.24) is 10.2 Å². The van der Waals surface area contributed by atoms with Crippen molar-refractivity contribution >= 4 is 6.01 Å². The zero-order valence-electron chi connectivity index (χ0n) is 8.93.